The van der Waals surface area contributed by atoms with Gasteiger partial charge in [0.25, 0.3) is 0 Å². The van der Waals surface area contributed by atoms with E-state index in [1.165, 1.54) is 6.42 Å². The number of hydrogen-bond acceptors (Lipinski definition) is 2. The van der Waals surface area contributed by atoms with E-state index in [1.54, 1.807) is 0 Å². The highest BCUT2D eigenvalue weighted by Crippen LogP contribution is 1.76. The highest BCUT2D eigenvalue weighted by Gasteiger charge is 1.92. The standard InChI is InChI=1S/C4H9NO.C3H8/c1-3-6-4-2-5-1;1-3-2/h5H,1-4H2;3H2,1-2H3. The van der Waals surface area contributed by atoms with Crippen molar-refractivity contribution in [3.63, 3.8) is 0 Å². The molecule has 9 heavy (non-hydrogen) atoms. The summed E-state index contributed by atoms with van der Waals surface area (Å²) in [4.78, 5) is 0. The zero-order chi connectivity index (χ0) is 6.95. The average molecular weight is 131 g/mol. The topological polar surface area (TPSA) is 21.3 Å². The van der Waals surface area contributed by atoms with E-state index in [0.717, 1.165) is 26.3 Å². The lowest BCUT2D eigenvalue weighted by atomic mass is 10.5. The van der Waals surface area contributed by atoms with Crippen LogP contribution in [0.2, 0.25) is 0 Å². The van der Waals surface area contributed by atoms with Gasteiger partial charge in [-0.05, 0) is 0 Å². The van der Waals surface area contributed by atoms with E-state index in [1.807, 2.05) is 0 Å². The van der Waals surface area contributed by atoms with Crippen LogP contribution in [0.25, 0.3) is 0 Å². The van der Waals surface area contributed by atoms with Crippen molar-refractivity contribution < 1.29 is 4.74 Å². The van der Waals surface area contributed by atoms with E-state index in [0.29, 0.717) is 0 Å². The lowest BCUT2D eigenvalue weighted by Gasteiger charge is -2.10. The first kappa shape index (κ1) is 8.92. The van der Waals surface area contributed by atoms with Gasteiger partial charge in [0, 0.05) is 13.1 Å². The molecule has 0 amide bonds. The Kier molecular flexibility index (Phi) is 7.85. The van der Waals surface area contributed by atoms with E-state index in [9.17, 15) is 0 Å². The molecule has 56 valence electrons. The minimum Gasteiger partial charge on any atom is -0.379 e. The van der Waals surface area contributed by atoms with E-state index in [2.05, 4.69) is 19.2 Å². The van der Waals surface area contributed by atoms with Crippen LogP contribution in [0.4, 0.5) is 0 Å². The maximum atomic E-state index is 5.01. The van der Waals surface area contributed by atoms with Crippen molar-refractivity contribution in [2.75, 3.05) is 26.3 Å². The summed E-state index contributed by atoms with van der Waals surface area (Å²) in [5.41, 5.74) is 0. The largest absolute Gasteiger partial charge is 0.379 e. The number of ether oxygens (including phenoxy) is 1. The third kappa shape index (κ3) is 7.92. The molecule has 0 unspecified atom stereocenters. The molecule has 2 nitrogen and oxygen atoms in total. The van der Waals surface area contributed by atoms with Crippen LogP contribution in [0.1, 0.15) is 20.3 Å². The summed E-state index contributed by atoms with van der Waals surface area (Å²) in [5.74, 6) is 0. The molecular weight excluding hydrogens is 114 g/mol. The predicted octanol–water partition coefficient (Wildman–Crippen LogP) is 1.02. The third-order valence-electron chi connectivity index (χ3n) is 0.846. The quantitative estimate of drug-likeness (QED) is 0.530. The lowest BCUT2D eigenvalue weighted by molar-refractivity contribution is 0.109. The van der Waals surface area contributed by atoms with Crippen molar-refractivity contribution in [1.29, 1.82) is 0 Å². The van der Waals surface area contributed by atoms with Gasteiger partial charge in [0.05, 0.1) is 13.2 Å². The van der Waals surface area contributed by atoms with Crippen LogP contribution >= 0.6 is 0 Å². The van der Waals surface area contributed by atoms with Gasteiger partial charge in [-0.15, -0.1) is 0 Å². The van der Waals surface area contributed by atoms with Gasteiger partial charge in [0.2, 0.25) is 0 Å². The molecule has 2 heteroatoms. The molecule has 0 atom stereocenters. The molecule has 0 saturated carbocycles. The van der Waals surface area contributed by atoms with Gasteiger partial charge in [-0.2, -0.15) is 0 Å². The van der Waals surface area contributed by atoms with Gasteiger partial charge >= 0.3 is 0 Å². The lowest BCUT2D eigenvalue weighted by Crippen LogP contribution is -2.30. The molecule has 0 radical (unpaired) electrons. The summed E-state index contributed by atoms with van der Waals surface area (Å²) < 4.78 is 5.01. The fourth-order valence-corrected chi connectivity index (χ4v) is 0.516. The van der Waals surface area contributed by atoms with E-state index >= 15 is 0 Å². The molecular formula is C7H17NO. The van der Waals surface area contributed by atoms with Gasteiger partial charge in [0.1, 0.15) is 0 Å². The van der Waals surface area contributed by atoms with E-state index in [4.69, 9.17) is 4.74 Å². The third-order valence-corrected chi connectivity index (χ3v) is 0.846. The zero-order valence-electron chi connectivity index (χ0n) is 6.44. The molecule has 0 aromatic heterocycles. The summed E-state index contributed by atoms with van der Waals surface area (Å²) in [6, 6.07) is 0. The van der Waals surface area contributed by atoms with E-state index < -0.39 is 0 Å². The second-order valence-electron chi connectivity index (χ2n) is 2.07. The molecule has 0 bridgehead atoms. The molecule has 0 aromatic carbocycles. The number of rotatable bonds is 0. The minimum absolute atomic E-state index is 0.889. The molecule has 1 aliphatic rings. The van der Waals surface area contributed by atoms with Gasteiger partial charge in [-0.3, -0.25) is 0 Å². The van der Waals surface area contributed by atoms with Crippen LogP contribution in [0.3, 0.4) is 0 Å². The van der Waals surface area contributed by atoms with Crippen LogP contribution in [0.15, 0.2) is 0 Å². The van der Waals surface area contributed by atoms with Crippen LogP contribution in [-0.4, -0.2) is 26.3 Å². The van der Waals surface area contributed by atoms with Gasteiger partial charge in [-0.1, -0.05) is 20.3 Å². The van der Waals surface area contributed by atoms with Crippen LogP contribution < -0.4 is 5.32 Å². The molecule has 0 aliphatic carbocycles. The monoisotopic (exact) mass is 131 g/mol. The molecule has 1 aliphatic heterocycles. The van der Waals surface area contributed by atoms with Crippen LogP contribution in [0, 0.1) is 0 Å². The smallest absolute Gasteiger partial charge is 0.0591 e. The van der Waals surface area contributed by atoms with Gasteiger partial charge in [-0.25, -0.2) is 0 Å². The summed E-state index contributed by atoms with van der Waals surface area (Å²) in [6.07, 6.45) is 1.25. The Labute approximate surface area is 57.6 Å². The maximum Gasteiger partial charge on any atom is 0.0591 e. The minimum atomic E-state index is 0.889. The van der Waals surface area contributed by atoms with E-state index in [-0.39, 0.29) is 0 Å². The molecule has 1 rings (SSSR count). The Hall–Kier alpha value is -0.0800. The van der Waals surface area contributed by atoms with Crippen molar-refractivity contribution in [2.45, 2.75) is 20.3 Å². The van der Waals surface area contributed by atoms with Crippen molar-refractivity contribution in [2.24, 2.45) is 0 Å². The Bertz CT molecular complexity index is 32.7. The van der Waals surface area contributed by atoms with Crippen molar-refractivity contribution in [1.82, 2.24) is 5.32 Å². The summed E-state index contributed by atoms with van der Waals surface area (Å²) >= 11 is 0. The van der Waals surface area contributed by atoms with Gasteiger partial charge in [0.15, 0.2) is 0 Å². The summed E-state index contributed by atoms with van der Waals surface area (Å²) in [5, 5.41) is 3.16. The molecule has 1 N–H and O–H groups in total. The SMILES string of the molecule is C1COCCN1.CCC. The first-order valence-electron chi connectivity index (χ1n) is 3.70. The maximum absolute atomic E-state index is 5.01. The molecule has 1 heterocycles. The Morgan fingerprint density at radius 1 is 1.22 bits per heavy atom. The van der Waals surface area contributed by atoms with Crippen molar-refractivity contribution in [3.8, 4) is 0 Å². The second kappa shape index (κ2) is 7.92. The fraction of sp³-hybridized carbons (Fsp3) is 1.00. The average Bonchev–Trinajstić information content (AvgIpc) is 1.93. The zero-order valence-corrected chi connectivity index (χ0v) is 6.44. The fourth-order valence-electron chi connectivity index (χ4n) is 0.516. The Morgan fingerprint density at radius 2 is 1.67 bits per heavy atom. The normalized spacial score (nSPS) is 18.0. The Balaban J connectivity index is 0.000000187. The summed E-state index contributed by atoms with van der Waals surface area (Å²) in [6.45, 7) is 8.08. The van der Waals surface area contributed by atoms with Crippen molar-refractivity contribution in [3.05, 3.63) is 0 Å². The van der Waals surface area contributed by atoms with Crippen molar-refractivity contribution >= 4 is 0 Å². The first-order valence-corrected chi connectivity index (χ1v) is 3.70. The molecule has 1 fully saturated rings. The highest BCUT2D eigenvalue weighted by atomic mass is 16.5. The molecule has 1 saturated heterocycles. The Morgan fingerprint density at radius 3 is 1.78 bits per heavy atom. The van der Waals surface area contributed by atoms with Gasteiger partial charge < -0.3 is 10.1 Å². The highest BCUT2D eigenvalue weighted by molar-refractivity contribution is 4.49. The predicted molar refractivity (Wildman–Crippen MR) is 39.7 cm³/mol. The number of nitrogens with one attached hydrogen (secondary N) is 1. The number of hydrogen-bond donors (Lipinski definition) is 1. The summed E-state index contributed by atoms with van der Waals surface area (Å²) in [7, 11) is 0. The molecule has 0 aromatic rings. The molecule has 0 spiro atoms. The number of morpholine rings is 1. The van der Waals surface area contributed by atoms with Crippen LogP contribution in [0.5, 0.6) is 0 Å². The second-order valence-corrected chi connectivity index (χ2v) is 2.07. The van der Waals surface area contributed by atoms with Crippen LogP contribution in [-0.2, 0) is 4.74 Å². The first-order chi connectivity index (χ1) is 4.41.